The Morgan fingerprint density at radius 2 is 2.40 bits per heavy atom. The molecule has 0 fully saturated rings. The van der Waals surface area contributed by atoms with Crippen molar-refractivity contribution in [2.75, 3.05) is 0 Å². The van der Waals surface area contributed by atoms with E-state index in [1.54, 1.807) is 10.8 Å². The molecule has 2 rings (SSSR count). The molecule has 0 unspecified atom stereocenters. The Hall–Kier alpha value is -1.12. The summed E-state index contributed by atoms with van der Waals surface area (Å²) >= 11 is 0. The second kappa shape index (κ2) is 1.94. The van der Waals surface area contributed by atoms with Crippen LogP contribution < -0.4 is 5.56 Å². The van der Waals surface area contributed by atoms with Crippen LogP contribution in [0.3, 0.4) is 0 Å². The van der Waals surface area contributed by atoms with Crippen LogP contribution in [0.2, 0.25) is 0 Å². The first kappa shape index (κ1) is 5.65. The molecule has 1 aliphatic heterocycles. The van der Waals surface area contributed by atoms with Gasteiger partial charge in [0.15, 0.2) is 0 Å². The first-order valence-corrected chi connectivity index (χ1v) is 3.41. The minimum absolute atomic E-state index is 0.0370. The Bertz CT molecular complexity index is 303. The predicted molar refractivity (Wildman–Crippen MR) is 36.8 cm³/mol. The van der Waals surface area contributed by atoms with E-state index in [1.807, 2.05) is 0 Å². The summed E-state index contributed by atoms with van der Waals surface area (Å²) in [7, 11) is 0. The quantitative estimate of drug-likeness (QED) is 0.510. The summed E-state index contributed by atoms with van der Waals surface area (Å²) in [6, 6.07) is 0. The van der Waals surface area contributed by atoms with Gasteiger partial charge in [0.25, 0.3) is 5.56 Å². The molecule has 2 heterocycles. The standard InChI is InChI=1S/C7H8N2O/c10-7-5-8-4-6-2-1-3-9(6)7/h4-5H,1-3H2. The highest BCUT2D eigenvalue weighted by atomic mass is 16.1. The highest BCUT2D eigenvalue weighted by Gasteiger charge is 2.09. The minimum atomic E-state index is 0.0370. The highest BCUT2D eigenvalue weighted by Crippen LogP contribution is 2.08. The van der Waals surface area contributed by atoms with Crippen molar-refractivity contribution in [3.05, 3.63) is 28.4 Å². The topological polar surface area (TPSA) is 34.9 Å². The van der Waals surface area contributed by atoms with Gasteiger partial charge in [-0.2, -0.15) is 0 Å². The summed E-state index contributed by atoms with van der Waals surface area (Å²) in [6.45, 7) is 0.872. The van der Waals surface area contributed by atoms with Crippen molar-refractivity contribution in [1.29, 1.82) is 0 Å². The number of aryl methyl sites for hydroxylation is 1. The third-order valence-corrected chi connectivity index (χ3v) is 1.84. The number of nitrogens with zero attached hydrogens (tertiary/aromatic N) is 2. The van der Waals surface area contributed by atoms with Gasteiger partial charge in [-0.1, -0.05) is 0 Å². The van der Waals surface area contributed by atoms with E-state index in [0.717, 1.165) is 25.1 Å². The first-order valence-electron chi connectivity index (χ1n) is 3.41. The molecule has 0 amide bonds. The molecule has 0 saturated heterocycles. The van der Waals surface area contributed by atoms with Gasteiger partial charge in [0.1, 0.15) is 0 Å². The van der Waals surface area contributed by atoms with Crippen molar-refractivity contribution in [2.24, 2.45) is 0 Å². The molecule has 1 aromatic rings. The smallest absolute Gasteiger partial charge is 0.269 e. The third kappa shape index (κ3) is 0.667. The summed E-state index contributed by atoms with van der Waals surface area (Å²) < 4.78 is 1.78. The molecule has 0 radical (unpaired) electrons. The molecule has 1 aliphatic rings. The molecule has 0 N–H and O–H groups in total. The SMILES string of the molecule is O=c1cncc2n1CCC2. The van der Waals surface area contributed by atoms with E-state index in [0.29, 0.717) is 0 Å². The zero-order valence-corrected chi connectivity index (χ0v) is 5.58. The van der Waals surface area contributed by atoms with E-state index in [4.69, 9.17) is 0 Å². The Morgan fingerprint density at radius 1 is 1.50 bits per heavy atom. The van der Waals surface area contributed by atoms with Crippen molar-refractivity contribution in [2.45, 2.75) is 19.4 Å². The zero-order valence-electron chi connectivity index (χ0n) is 5.58. The van der Waals surface area contributed by atoms with Crippen molar-refractivity contribution in [1.82, 2.24) is 9.55 Å². The Labute approximate surface area is 58.3 Å². The lowest BCUT2D eigenvalue weighted by Crippen LogP contribution is -2.18. The number of hydrogen-bond acceptors (Lipinski definition) is 2. The minimum Gasteiger partial charge on any atom is -0.310 e. The molecule has 0 bridgehead atoms. The van der Waals surface area contributed by atoms with Crippen molar-refractivity contribution >= 4 is 0 Å². The Balaban J connectivity index is 2.70. The molecule has 3 nitrogen and oxygen atoms in total. The van der Waals surface area contributed by atoms with Gasteiger partial charge in [-0.25, -0.2) is 0 Å². The predicted octanol–water partition coefficient (Wildman–Crippen LogP) is 0.189. The molecular formula is C7H8N2O. The van der Waals surface area contributed by atoms with Crippen LogP contribution in [0.5, 0.6) is 0 Å². The monoisotopic (exact) mass is 136 g/mol. The average Bonchev–Trinajstić information content (AvgIpc) is 2.36. The lowest BCUT2D eigenvalue weighted by molar-refractivity contribution is 0.715. The second-order valence-electron chi connectivity index (χ2n) is 2.49. The zero-order chi connectivity index (χ0) is 6.97. The molecule has 1 aromatic heterocycles. The van der Waals surface area contributed by atoms with E-state index in [2.05, 4.69) is 4.98 Å². The largest absolute Gasteiger partial charge is 0.310 e. The molecule has 52 valence electrons. The number of aromatic nitrogens is 2. The summed E-state index contributed by atoms with van der Waals surface area (Å²) in [6.07, 6.45) is 5.23. The van der Waals surface area contributed by atoms with Gasteiger partial charge in [-0.3, -0.25) is 9.78 Å². The number of hydrogen-bond donors (Lipinski definition) is 0. The van der Waals surface area contributed by atoms with Crippen molar-refractivity contribution in [3.63, 3.8) is 0 Å². The maximum absolute atomic E-state index is 11.0. The number of fused-ring (bicyclic) bond motifs is 1. The van der Waals surface area contributed by atoms with Crippen LogP contribution >= 0.6 is 0 Å². The first-order chi connectivity index (χ1) is 4.88. The van der Waals surface area contributed by atoms with E-state index >= 15 is 0 Å². The summed E-state index contributed by atoms with van der Waals surface area (Å²) in [5, 5.41) is 0. The van der Waals surface area contributed by atoms with Crippen LogP contribution in [0.25, 0.3) is 0 Å². The second-order valence-corrected chi connectivity index (χ2v) is 2.49. The molecule has 0 spiro atoms. The highest BCUT2D eigenvalue weighted by molar-refractivity contribution is 5.02. The van der Waals surface area contributed by atoms with Crippen LogP contribution in [-0.4, -0.2) is 9.55 Å². The normalized spacial score (nSPS) is 15.2. The summed E-state index contributed by atoms with van der Waals surface area (Å²) in [4.78, 5) is 14.8. The summed E-state index contributed by atoms with van der Waals surface area (Å²) in [5.41, 5.74) is 1.11. The van der Waals surface area contributed by atoms with E-state index in [1.165, 1.54) is 6.20 Å². The van der Waals surface area contributed by atoms with Gasteiger partial charge in [-0.05, 0) is 12.8 Å². The van der Waals surface area contributed by atoms with E-state index < -0.39 is 0 Å². The Morgan fingerprint density at radius 3 is 3.20 bits per heavy atom. The lowest BCUT2D eigenvalue weighted by atomic mass is 10.3. The van der Waals surface area contributed by atoms with Gasteiger partial charge >= 0.3 is 0 Å². The van der Waals surface area contributed by atoms with Crippen LogP contribution in [0.15, 0.2) is 17.2 Å². The molecule has 0 aromatic carbocycles. The van der Waals surface area contributed by atoms with Crippen molar-refractivity contribution in [3.8, 4) is 0 Å². The van der Waals surface area contributed by atoms with Crippen molar-refractivity contribution < 1.29 is 0 Å². The van der Waals surface area contributed by atoms with E-state index in [-0.39, 0.29) is 5.56 Å². The third-order valence-electron chi connectivity index (χ3n) is 1.84. The fraction of sp³-hybridized carbons (Fsp3) is 0.429. The maximum Gasteiger partial charge on any atom is 0.269 e. The van der Waals surface area contributed by atoms with Gasteiger partial charge in [0.05, 0.1) is 6.20 Å². The molecule has 10 heavy (non-hydrogen) atoms. The van der Waals surface area contributed by atoms with Gasteiger partial charge in [0.2, 0.25) is 0 Å². The average molecular weight is 136 g/mol. The molecule has 0 saturated carbocycles. The lowest BCUT2D eigenvalue weighted by Gasteiger charge is -1.97. The van der Waals surface area contributed by atoms with Crippen LogP contribution in [-0.2, 0) is 13.0 Å². The fourth-order valence-corrected chi connectivity index (χ4v) is 1.34. The summed E-state index contributed by atoms with van der Waals surface area (Å²) in [5.74, 6) is 0. The fourth-order valence-electron chi connectivity index (χ4n) is 1.34. The van der Waals surface area contributed by atoms with Gasteiger partial charge in [-0.15, -0.1) is 0 Å². The molecule has 0 aliphatic carbocycles. The maximum atomic E-state index is 11.0. The van der Waals surface area contributed by atoms with Crippen LogP contribution in [0, 0.1) is 0 Å². The van der Waals surface area contributed by atoms with Gasteiger partial charge < -0.3 is 4.57 Å². The van der Waals surface area contributed by atoms with Gasteiger partial charge in [0, 0.05) is 18.4 Å². The molecule has 0 atom stereocenters. The van der Waals surface area contributed by atoms with E-state index in [9.17, 15) is 4.79 Å². The molecular weight excluding hydrogens is 128 g/mol. The Kier molecular flexibility index (Phi) is 1.09. The molecule has 3 heteroatoms. The number of rotatable bonds is 0. The van der Waals surface area contributed by atoms with Crippen LogP contribution in [0.1, 0.15) is 12.1 Å². The van der Waals surface area contributed by atoms with Crippen LogP contribution in [0.4, 0.5) is 0 Å².